The minimum absolute atomic E-state index is 0.237. The first-order valence-electron chi connectivity index (χ1n) is 3.10. The second kappa shape index (κ2) is 3.49. The SMILES string of the molecule is N#COC(=O)c1ccccc1F. The van der Waals surface area contributed by atoms with Gasteiger partial charge in [0.05, 0.1) is 5.56 Å². The predicted octanol–water partition coefficient (Wildman–Crippen LogP) is 1.46. The van der Waals surface area contributed by atoms with Crippen LogP contribution in [0.15, 0.2) is 24.3 Å². The molecule has 0 aliphatic heterocycles. The molecular weight excluding hydrogens is 161 g/mol. The van der Waals surface area contributed by atoms with Crippen LogP contribution in [0.5, 0.6) is 0 Å². The van der Waals surface area contributed by atoms with Crippen molar-refractivity contribution in [3.05, 3.63) is 35.6 Å². The number of nitriles is 1. The van der Waals surface area contributed by atoms with Crippen molar-refractivity contribution in [2.45, 2.75) is 0 Å². The fraction of sp³-hybridized carbons (Fsp3) is 0. The zero-order valence-electron chi connectivity index (χ0n) is 5.95. The summed E-state index contributed by atoms with van der Waals surface area (Å²) in [5.41, 5.74) is -0.237. The van der Waals surface area contributed by atoms with Gasteiger partial charge in [-0.2, -0.15) is 0 Å². The van der Waals surface area contributed by atoms with Crippen LogP contribution < -0.4 is 0 Å². The van der Waals surface area contributed by atoms with Gasteiger partial charge in [-0.3, -0.25) is 0 Å². The summed E-state index contributed by atoms with van der Waals surface area (Å²) in [5, 5.41) is 7.97. The number of esters is 1. The Kier molecular flexibility index (Phi) is 2.38. The van der Waals surface area contributed by atoms with Gasteiger partial charge in [0.15, 0.2) is 0 Å². The molecular formula is C8H4FNO2. The maximum atomic E-state index is 12.8. The van der Waals surface area contributed by atoms with Crippen molar-refractivity contribution >= 4 is 5.97 Å². The van der Waals surface area contributed by atoms with Crippen LogP contribution in [0.3, 0.4) is 0 Å². The van der Waals surface area contributed by atoms with Gasteiger partial charge in [-0.1, -0.05) is 12.1 Å². The number of nitrogens with zero attached hydrogens (tertiary/aromatic N) is 1. The highest BCUT2D eigenvalue weighted by atomic mass is 19.1. The zero-order chi connectivity index (χ0) is 8.97. The first-order valence-corrected chi connectivity index (χ1v) is 3.10. The maximum absolute atomic E-state index is 12.8. The van der Waals surface area contributed by atoms with Crippen molar-refractivity contribution in [2.75, 3.05) is 0 Å². The first-order chi connectivity index (χ1) is 5.75. The predicted molar refractivity (Wildman–Crippen MR) is 37.4 cm³/mol. The van der Waals surface area contributed by atoms with Gasteiger partial charge in [-0.25, -0.2) is 9.18 Å². The van der Waals surface area contributed by atoms with E-state index in [1.807, 2.05) is 0 Å². The number of hydrogen-bond acceptors (Lipinski definition) is 3. The summed E-state index contributed by atoms with van der Waals surface area (Å²) in [6.45, 7) is 0. The fourth-order valence-corrected chi connectivity index (χ4v) is 0.723. The van der Waals surface area contributed by atoms with E-state index in [0.717, 1.165) is 6.07 Å². The number of ether oxygens (including phenoxy) is 1. The van der Waals surface area contributed by atoms with Crippen molar-refractivity contribution in [3.8, 4) is 6.26 Å². The Morgan fingerprint density at radius 1 is 1.50 bits per heavy atom. The Morgan fingerprint density at radius 3 is 2.75 bits per heavy atom. The number of carbonyl (C=O) groups excluding carboxylic acids is 1. The molecule has 0 saturated carbocycles. The highest BCUT2D eigenvalue weighted by molar-refractivity contribution is 5.90. The maximum Gasteiger partial charge on any atom is 0.356 e. The van der Waals surface area contributed by atoms with Crippen LogP contribution in [0.1, 0.15) is 10.4 Å². The molecule has 0 N–H and O–H groups in total. The highest BCUT2D eigenvalue weighted by Gasteiger charge is 2.11. The molecule has 0 atom stereocenters. The van der Waals surface area contributed by atoms with E-state index in [2.05, 4.69) is 4.74 Å². The van der Waals surface area contributed by atoms with E-state index in [1.54, 1.807) is 0 Å². The molecule has 1 aromatic carbocycles. The molecule has 0 aromatic heterocycles. The lowest BCUT2D eigenvalue weighted by Crippen LogP contribution is -2.03. The average molecular weight is 165 g/mol. The molecule has 3 nitrogen and oxygen atoms in total. The Balaban J connectivity index is 2.97. The Morgan fingerprint density at radius 2 is 2.17 bits per heavy atom. The number of rotatable bonds is 1. The van der Waals surface area contributed by atoms with Crippen molar-refractivity contribution in [2.24, 2.45) is 0 Å². The van der Waals surface area contributed by atoms with E-state index in [-0.39, 0.29) is 5.56 Å². The molecule has 0 unspecified atom stereocenters. The van der Waals surface area contributed by atoms with E-state index >= 15 is 0 Å². The van der Waals surface area contributed by atoms with E-state index in [1.165, 1.54) is 24.5 Å². The first kappa shape index (κ1) is 8.21. The third-order valence-electron chi connectivity index (χ3n) is 1.23. The number of hydrogen-bond donors (Lipinski definition) is 0. The Bertz CT molecular complexity index is 343. The van der Waals surface area contributed by atoms with Gasteiger partial charge in [0, 0.05) is 0 Å². The zero-order valence-corrected chi connectivity index (χ0v) is 5.95. The lowest BCUT2D eigenvalue weighted by atomic mass is 10.2. The molecule has 0 aliphatic rings. The summed E-state index contributed by atoms with van der Waals surface area (Å²) in [5.74, 6) is -1.67. The molecule has 4 heteroatoms. The minimum Gasteiger partial charge on any atom is -0.347 e. The molecule has 12 heavy (non-hydrogen) atoms. The highest BCUT2D eigenvalue weighted by Crippen LogP contribution is 2.06. The van der Waals surface area contributed by atoms with Gasteiger partial charge in [0.25, 0.3) is 6.26 Å². The summed E-state index contributed by atoms with van der Waals surface area (Å²) in [6, 6.07) is 5.29. The van der Waals surface area contributed by atoms with Crippen LogP contribution >= 0.6 is 0 Å². The molecule has 0 saturated heterocycles. The summed E-state index contributed by atoms with van der Waals surface area (Å²) < 4.78 is 16.7. The summed E-state index contributed by atoms with van der Waals surface area (Å²) >= 11 is 0. The molecule has 60 valence electrons. The van der Waals surface area contributed by atoms with Crippen molar-refractivity contribution in [3.63, 3.8) is 0 Å². The van der Waals surface area contributed by atoms with E-state index in [9.17, 15) is 9.18 Å². The van der Waals surface area contributed by atoms with E-state index < -0.39 is 11.8 Å². The largest absolute Gasteiger partial charge is 0.356 e. The number of halogens is 1. The lowest BCUT2D eigenvalue weighted by molar-refractivity contribution is 0.0680. The molecule has 1 aromatic rings. The van der Waals surface area contributed by atoms with E-state index in [0.29, 0.717) is 0 Å². The summed E-state index contributed by atoms with van der Waals surface area (Å²) in [4.78, 5) is 10.8. The minimum atomic E-state index is -0.976. The standard InChI is InChI=1S/C8H4FNO2/c9-7-4-2-1-3-6(7)8(11)12-5-10/h1-4H. The Labute approximate surface area is 68.0 Å². The molecule has 0 bridgehead atoms. The van der Waals surface area contributed by atoms with Crippen LogP contribution in [0.25, 0.3) is 0 Å². The third kappa shape index (κ3) is 1.58. The Hall–Kier alpha value is -1.89. The van der Waals surface area contributed by atoms with Gasteiger partial charge in [0.1, 0.15) is 5.82 Å². The molecule has 0 fully saturated rings. The van der Waals surface area contributed by atoms with Gasteiger partial charge >= 0.3 is 5.97 Å². The molecule has 0 amide bonds. The molecule has 0 radical (unpaired) electrons. The summed E-state index contributed by atoms with van der Waals surface area (Å²) in [7, 11) is 0. The second-order valence-corrected chi connectivity index (χ2v) is 1.96. The normalized spacial score (nSPS) is 8.67. The quantitative estimate of drug-likeness (QED) is 0.467. The second-order valence-electron chi connectivity index (χ2n) is 1.96. The topological polar surface area (TPSA) is 50.1 Å². The van der Waals surface area contributed by atoms with Gasteiger partial charge in [-0.15, -0.1) is 5.26 Å². The lowest BCUT2D eigenvalue weighted by Gasteiger charge is -1.96. The smallest absolute Gasteiger partial charge is 0.347 e. The van der Waals surface area contributed by atoms with Crippen LogP contribution in [-0.2, 0) is 4.74 Å². The van der Waals surface area contributed by atoms with Crippen LogP contribution in [-0.4, -0.2) is 5.97 Å². The molecule has 1 rings (SSSR count). The fourth-order valence-electron chi connectivity index (χ4n) is 0.723. The van der Waals surface area contributed by atoms with Crippen molar-refractivity contribution in [1.82, 2.24) is 0 Å². The number of carbonyl (C=O) groups is 1. The van der Waals surface area contributed by atoms with Crippen LogP contribution in [0, 0.1) is 17.3 Å². The van der Waals surface area contributed by atoms with Crippen molar-refractivity contribution < 1.29 is 13.9 Å². The van der Waals surface area contributed by atoms with Gasteiger partial charge < -0.3 is 4.74 Å². The van der Waals surface area contributed by atoms with E-state index in [4.69, 9.17) is 5.26 Å². The van der Waals surface area contributed by atoms with Gasteiger partial charge in [0.2, 0.25) is 0 Å². The average Bonchev–Trinajstić information content (AvgIpc) is 2.05. The van der Waals surface area contributed by atoms with Gasteiger partial charge in [-0.05, 0) is 12.1 Å². The molecule has 0 spiro atoms. The van der Waals surface area contributed by atoms with Crippen LogP contribution in [0.2, 0.25) is 0 Å². The monoisotopic (exact) mass is 165 g/mol. The number of benzene rings is 1. The van der Waals surface area contributed by atoms with Crippen LogP contribution in [0.4, 0.5) is 4.39 Å². The third-order valence-corrected chi connectivity index (χ3v) is 1.23. The molecule has 0 heterocycles. The summed E-state index contributed by atoms with van der Waals surface area (Å²) in [6.07, 6.45) is 1.18. The van der Waals surface area contributed by atoms with Crippen molar-refractivity contribution in [1.29, 1.82) is 5.26 Å². The molecule has 0 aliphatic carbocycles.